The third-order valence-corrected chi connectivity index (χ3v) is 3.99. The lowest BCUT2D eigenvalue weighted by molar-refractivity contribution is -0.115. The van der Waals surface area contributed by atoms with Crippen LogP contribution in [0, 0.1) is 13.8 Å². The van der Waals surface area contributed by atoms with Gasteiger partial charge < -0.3 is 9.73 Å². The Bertz CT molecular complexity index is 776. The van der Waals surface area contributed by atoms with E-state index in [0.29, 0.717) is 23.2 Å². The van der Waals surface area contributed by atoms with Gasteiger partial charge in [0.15, 0.2) is 0 Å². The van der Waals surface area contributed by atoms with Crippen LogP contribution in [0.25, 0.3) is 10.8 Å². The Balaban J connectivity index is 1.70. The summed E-state index contributed by atoms with van der Waals surface area (Å²) < 4.78 is 5.63. The summed E-state index contributed by atoms with van der Waals surface area (Å²) in [4.78, 5) is 21.6. The number of oxazole rings is 1. The SMILES string of the molecule is Cc1ccc(NC(=O)Cc2nc(-c3cccs3)oc2C)nc1. The second-order valence-electron chi connectivity index (χ2n) is 4.94. The van der Waals surface area contributed by atoms with Crippen LogP contribution >= 0.6 is 11.3 Å². The number of carbonyl (C=O) groups is 1. The monoisotopic (exact) mass is 313 g/mol. The second kappa shape index (κ2) is 6.11. The topological polar surface area (TPSA) is 68.0 Å². The van der Waals surface area contributed by atoms with E-state index in [1.807, 2.05) is 37.4 Å². The van der Waals surface area contributed by atoms with Crippen molar-refractivity contribution in [2.45, 2.75) is 20.3 Å². The van der Waals surface area contributed by atoms with Crippen molar-refractivity contribution in [1.82, 2.24) is 9.97 Å². The van der Waals surface area contributed by atoms with E-state index in [4.69, 9.17) is 4.42 Å². The zero-order valence-electron chi connectivity index (χ0n) is 12.3. The summed E-state index contributed by atoms with van der Waals surface area (Å²) in [6.45, 7) is 3.76. The molecule has 5 nitrogen and oxygen atoms in total. The first kappa shape index (κ1) is 14.5. The number of anilines is 1. The van der Waals surface area contributed by atoms with Crippen molar-refractivity contribution in [1.29, 1.82) is 0 Å². The molecule has 3 aromatic heterocycles. The van der Waals surface area contributed by atoms with Gasteiger partial charge in [-0.15, -0.1) is 11.3 Å². The molecule has 3 aromatic rings. The van der Waals surface area contributed by atoms with Crippen LogP contribution in [-0.4, -0.2) is 15.9 Å². The lowest BCUT2D eigenvalue weighted by Crippen LogP contribution is -2.16. The zero-order valence-corrected chi connectivity index (χ0v) is 13.1. The number of rotatable bonds is 4. The van der Waals surface area contributed by atoms with Gasteiger partial charge >= 0.3 is 0 Å². The van der Waals surface area contributed by atoms with Gasteiger partial charge in [-0.25, -0.2) is 9.97 Å². The van der Waals surface area contributed by atoms with Crippen LogP contribution in [0.2, 0.25) is 0 Å². The highest BCUT2D eigenvalue weighted by Crippen LogP contribution is 2.26. The van der Waals surface area contributed by atoms with Gasteiger partial charge in [-0.3, -0.25) is 4.79 Å². The number of aryl methyl sites for hydroxylation is 2. The van der Waals surface area contributed by atoms with Crippen LogP contribution in [0.5, 0.6) is 0 Å². The molecular formula is C16H15N3O2S. The highest BCUT2D eigenvalue weighted by molar-refractivity contribution is 7.13. The molecule has 0 aliphatic carbocycles. The third-order valence-electron chi connectivity index (χ3n) is 3.13. The average molecular weight is 313 g/mol. The average Bonchev–Trinajstić information content (AvgIpc) is 3.12. The van der Waals surface area contributed by atoms with Crippen LogP contribution in [0.4, 0.5) is 5.82 Å². The van der Waals surface area contributed by atoms with Crippen LogP contribution in [0.15, 0.2) is 40.3 Å². The predicted octanol–water partition coefficient (Wildman–Crippen LogP) is 3.60. The number of amides is 1. The Kier molecular flexibility index (Phi) is 4.02. The zero-order chi connectivity index (χ0) is 15.5. The summed E-state index contributed by atoms with van der Waals surface area (Å²) in [7, 11) is 0. The van der Waals surface area contributed by atoms with Crippen molar-refractivity contribution in [2.75, 3.05) is 5.32 Å². The molecule has 0 bridgehead atoms. The summed E-state index contributed by atoms with van der Waals surface area (Å²) in [6, 6.07) is 7.56. The minimum absolute atomic E-state index is 0.162. The first-order valence-corrected chi connectivity index (χ1v) is 7.72. The molecule has 0 saturated heterocycles. The van der Waals surface area contributed by atoms with Crippen LogP contribution in [0.1, 0.15) is 17.0 Å². The molecule has 1 amide bonds. The maximum atomic E-state index is 12.1. The molecule has 0 fully saturated rings. The number of carbonyl (C=O) groups excluding carboxylic acids is 1. The molecule has 0 aliphatic rings. The maximum Gasteiger partial charge on any atom is 0.236 e. The van der Waals surface area contributed by atoms with E-state index >= 15 is 0 Å². The molecule has 112 valence electrons. The molecule has 3 rings (SSSR count). The van der Waals surface area contributed by atoms with Crippen molar-refractivity contribution in [3.63, 3.8) is 0 Å². The normalized spacial score (nSPS) is 10.6. The third kappa shape index (κ3) is 3.23. The second-order valence-corrected chi connectivity index (χ2v) is 5.89. The number of hydrogen-bond acceptors (Lipinski definition) is 5. The number of aromatic nitrogens is 2. The number of nitrogens with zero attached hydrogens (tertiary/aromatic N) is 2. The molecular weight excluding hydrogens is 298 g/mol. The van der Waals surface area contributed by atoms with Gasteiger partial charge in [-0.2, -0.15) is 0 Å². The lowest BCUT2D eigenvalue weighted by Gasteiger charge is -2.03. The van der Waals surface area contributed by atoms with Gasteiger partial charge in [0, 0.05) is 6.20 Å². The molecule has 0 spiro atoms. The number of nitrogens with one attached hydrogen (secondary N) is 1. The van der Waals surface area contributed by atoms with Gasteiger partial charge in [0.25, 0.3) is 0 Å². The molecule has 0 aromatic carbocycles. The van der Waals surface area contributed by atoms with Crippen molar-refractivity contribution < 1.29 is 9.21 Å². The first-order valence-electron chi connectivity index (χ1n) is 6.84. The van der Waals surface area contributed by atoms with Crippen molar-refractivity contribution in [3.8, 4) is 10.8 Å². The largest absolute Gasteiger partial charge is 0.440 e. The molecule has 0 saturated carbocycles. The minimum Gasteiger partial charge on any atom is -0.440 e. The Morgan fingerprint density at radius 2 is 2.18 bits per heavy atom. The van der Waals surface area contributed by atoms with Crippen molar-refractivity contribution in [2.24, 2.45) is 0 Å². The summed E-state index contributed by atoms with van der Waals surface area (Å²) in [5.41, 5.74) is 1.69. The molecule has 0 aliphatic heterocycles. The minimum atomic E-state index is -0.162. The van der Waals surface area contributed by atoms with Gasteiger partial charge in [0.05, 0.1) is 17.0 Å². The van der Waals surface area contributed by atoms with E-state index in [9.17, 15) is 4.79 Å². The fourth-order valence-corrected chi connectivity index (χ4v) is 2.63. The lowest BCUT2D eigenvalue weighted by atomic mass is 10.2. The molecule has 1 N–H and O–H groups in total. The van der Waals surface area contributed by atoms with E-state index in [-0.39, 0.29) is 12.3 Å². The molecule has 0 atom stereocenters. The molecule has 3 heterocycles. The summed E-state index contributed by atoms with van der Waals surface area (Å²) in [5.74, 6) is 1.60. The van der Waals surface area contributed by atoms with Crippen LogP contribution in [-0.2, 0) is 11.2 Å². The number of pyridine rings is 1. The van der Waals surface area contributed by atoms with E-state index < -0.39 is 0 Å². The van der Waals surface area contributed by atoms with E-state index in [1.54, 1.807) is 23.6 Å². The molecule has 0 unspecified atom stereocenters. The number of thiophene rings is 1. The molecule has 6 heteroatoms. The summed E-state index contributed by atoms with van der Waals surface area (Å²) in [6.07, 6.45) is 1.88. The predicted molar refractivity (Wildman–Crippen MR) is 85.9 cm³/mol. The summed E-state index contributed by atoms with van der Waals surface area (Å²) in [5, 5.41) is 4.72. The highest BCUT2D eigenvalue weighted by atomic mass is 32.1. The standard InChI is InChI=1S/C16H15N3O2S/c1-10-5-6-14(17-9-10)19-15(20)8-12-11(2)21-16(18-12)13-4-3-7-22-13/h3-7,9H,8H2,1-2H3,(H,17,19,20). The van der Waals surface area contributed by atoms with E-state index in [2.05, 4.69) is 15.3 Å². The van der Waals surface area contributed by atoms with Crippen molar-refractivity contribution >= 4 is 23.1 Å². The van der Waals surface area contributed by atoms with Gasteiger partial charge in [-0.05, 0) is 36.9 Å². The Morgan fingerprint density at radius 3 is 2.86 bits per heavy atom. The highest BCUT2D eigenvalue weighted by Gasteiger charge is 2.15. The smallest absolute Gasteiger partial charge is 0.236 e. The molecule has 22 heavy (non-hydrogen) atoms. The van der Waals surface area contributed by atoms with Crippen molar-refractivity contribution in [3.05, 3.63) is 52.9 Å². The Morgan fingerprint density at radius 1 is 1.32 bits per heavy atom. The Hall–Kier alpha value is -2.47. The van der Waals surface area contributed by atoms with Gasteiger partial charge in [0.1, 0.15) is 11.6 Å². The van der Waals surface area contributed by atoms with Gasteiger partial charge in [0.2, 0.25) is 11.8 Å². The van der Waals surface area contributed by atoms with Gasteiger partial charge in [-0.1, -0.05) is 12.1 Å². The van der Waals surface area contributed by atoms with E-state index in [1.165, 1.54) is 0 Å². The van der Waals surface area contributed by atoms with Crippen LogP contribution < -0.4 is 5.32 Å². The fraction of sp³-hybridized carbons (Fsp3) is 0.188. The first-order chi connectivity index (χ1) is 10.6. The maximum absolute atomic E-state index is 12.1. The summed E-state index contributed by atoms with van der Waals surface area (Å²) >= 11 is 1.55. The quantitative estimate of drug-likeness (QED) is 0.799. The number of hydrogen-bond donors (Lipinski definition) is 1. The Labute approximate surface area is 132 Å². The van der Waals surface area contributed by atoms with E-state index in [0.717, 1.165) is 10.4 Å². The van der Waals surface area contributed by atoms with Crippen LogP contribution in [0.3, 0.4) is 0 Å². The molecule has 0 radical (unpaired) electrons. The fourth-order valence-electron chi connectivity index (χ4n) is 1.98.